The molecule has 0 atom stereocenters. The normalized spacial score (nSPS) is 16.8. The highest BCUT2D eigenvalue weighted by atomic mass is 15.5. The van der Waals surface area contributed by atoms with Gasteiger partial charge in [-0.3, -0.25) is 9.13 Å². The van der Waals surface area contributed by atoms with Crippen LogP contribution in [0, 0.1) is 41.5 Å². The van der Waals surface area contributed by atoms with E-state index in [9.17, 15) is 0 Å². The van der Waals surface area contributed by atoms with E-state index in [0.29, 0.717) is 0 Å². The maximum absolute atomic E-state index is 4.54. The molecule has 16 heterocycles. The minimum Gasteiger partial charge on any atom is -0.288 e. The van der Waals surface area contributed by atoms with E-state index >= 15 is 0 Å². The lowest BCUT2D eigenvalue weighted by atomic mass is 9.60. The maximum Gasteiger partial charge on any atom is 0.310 e. The third-order valence-electron chi connectivity index (χ3n) is 31.7. The fraction of sp³-hybridized carbons (Fsp3) is 0.333. The number of rotatable bonds is 4. The summed E-state index contributed by atoms with van der Waals surface area (Å²) >= 11 is 0. The van der Waals surface area contributed by atoms with Crippen molar-refractivity contribution in [2.24, 2.45) is 28.2 Å². The summed E-state index contributed by atoms with van der Waals surface area (Å²) in [4.78, 5) is 1.78. The molecule has 0 saturated carbocycles. The molecule has 20 heteroatoms. The van der Waals surface area contributed by atoms with Crippen molar-refractivity contribution in [3.8, 4) is 23.0 Å². The average Bonchev–Trinajstić information content (AvgIpc) is 1.49. The van der Waals surface area contributed by atoms with E-state index in [2.05, 4.69) is 398 Å². The fourth-order valence-corrected chi connectivity index (χ4v) is 22.4. The van der Waals surface area contributed by atoms with E-state index in [-0.39, 0.29) is 43.3 Å². The summed E-state index contributed by atoms with van der Waals surface area (Å²) in [5, 5.41) is 49.7. The Balaban J connectivity index is 0.000000100. The molecule has 0 N–H and O–H groups in total. The molecule has 122 heavy (non-hydrogen) atoms. The molecule has 0 radical (unpaired) electrons. The van der Waals surface area contributed by atoms with Crippen molar-refractivity contribution in [3.05, 3.63) is 262 Å². The van der Waals surface area contributed by atoms with Gasteiger partial charge in [-0.15, -0.1) is 30.6 Å². The van der Waals surface area contributed by atoms with Gasteiger partial charge in [0, 0.05) is 98.1 Å². The molecule has 8 aromatic carbocycles. The van der Waals surface area contributed by atoms with Crippen molar-refractivity contribution in [2.75, 3.05) is 0 Å². The van der Waals surface area contributed by atoms with Crippen molar-refractivity contribution in [3.63, 3.8) is 0 Å². The highest BCUT2D eigenvalue weighted by Gasteiger charge is 2.57. The highest BCUT2D eigenvalue weighted by Crippen LogP contribution is 2.58. The molecule has 12 aromatic heterocycles. The average molecular weight is 1610 g/mol. The first-order valence-electron chi connectivity index (χ1n) is 42.9. The lowest BCUT2D eigenvalue weighted by Gasteiger charge is -2.43. The second kappa shape index (κ2) is 24.9. The molecule has 0 aliphatic carbocycles. The van der Waals surface area contributed by atoms with Crippen LogP contribution in [0.2, 0.25) is 0 Å². The van der Waals surface area contributed by atoms with E-state index < -0.39 is 0 Å². The van der Waals surface area contributed by atoms with Gasteiger partial charge in [0.15, 0.2) is 35.4 Å². The van der Waals surface area contributed by atoms with Crippen LogP contribution >= 0.6 is 0 Å². The summed E-state index contributed by atoms with van der Waals surface area (Å²) < 4.78 is 25.5. The summed E-state index contributed by atoms with van der Waals surface area (Å²) in [6.45, 7) is 50.9. The predicted octanol–water partition coefficient (Wildman–Crippen LogP) is 18.7. The van der Waals surface area contributed by atoms with Crippen LogP contribution in [-0.2, 0) is 71.5 Å². The van der Waals surface area contributed by atoms with Crippen molar-refractivity contribution in [1.82, 2.24) is 76.9 Å². The monoisotopic (exact) mass is 1610 g/mol. The molecule has 612 valence electrons. The topological polar surface area (TPSA) is 156 Å². The van der Waals surface area contributed by atoms with E-state index in [4.69, 9.17) is 0 Å². The van der Waals surface area contributed by atoms with E-state index in [1.54, 1.807) is 42.5 Å². The van der Waals surface area contributed by atoms with Crippen LogP contribution in [0.5, 0.6) is 0 Å². The van der Waals surface area contributed by atoms with Gasteiger partial charge in [0.1, 0.15) is 58.8 Å². The number of imidazole rings is 4. The number of para-hydroxylation sites is 2. The van der Waals surface area contributed by atoms with Gasteiger partial charge < -0.3 is 0 Å². The molecule has 0 saturated heterocycles. The van der Waals surface area contributed by atoms with Crippen LogP contribution in [0.3, 0.4) is 0 Å². The summed E-state index contributed by atoms with van der Waals surface area (Å²) in [5.74, 6) is 3.99. The Kier molecular flexibility index (Phi) is 15.6. The quantitative estimate of drug-likeness (QED) is 0.125. The first-order valence-corrected chi connectivity index (χ1v) is 42.9. The number of benzene rings is 8. The van der Waals surface area contributed by atoms with Crippen LogP contribution in [0.1, 0.15) is 190 Å². The summed E-state index contributed by atoms with van der Waals surface area (Å²) in [6, 6.07) is 49.5. The molecular weight excluding hydrogens is 1510 g/mol. The van der Waals surface area contributed by atoms with Crippen LogP contribution < -0.4 is 18.3 Å². The van der Waals surface area contributed by atoms with Gasteiger partial charge in [0.2, 0.25) is 11.3 Å². The zero-order chi connectivity index (χ0) is 85.7. The largest absolute Gasteiger partial charge is 0.310 e. The van der Waals surface area contributed by atoms with Gasteiger partial charge in [-0.05, 0) is 115 Å². The Bertz CT molecular complexity index is 7740. The molecule has 0 fully saturated rings. The molecule has 24 rings (SSSR count). The van der Waals surface area contributed by atoms with Crippen LogP contribution in [0.4, 0.5) is 0 Å². The van der Waals surface area contributed by atoms with Crippen LogP contribution in [0.25, 0.3) is 132 Å². The van der Waals surface area contributed by atoms with E-state index in [1.165, 1.54) is 177 Å². The van der Waals surface area contributed by atoms with Crippen molar-refractivity contribution >= 4 is 109 Å². The molecule has 4 aliphatic rings. The van der Waals surface area contributed by atoms with Crippen LogP contribution in [0.15, 0.2) is 184 Å². The zero-order valence-electron chi connectivity index (χ0n) is 75.3. The Morgan fingerprint density at radius 3 is 1.05 bits per heavy atom. The third kappa shape index (κ3) is 9.47. The number of pyridine rings is 4. The van der Waals surface area contributed by atoms with Gasteiger partial charge in [-0.25, -0.2) is 27.1 Å². The Morgan fingerprint density at radius 1 is 0.303 bits per heavy atom. The van der Waals surface area contributed by atoms with E-state index in [0.717, 1.165) is 34.7 Å². The molecule has 4 aliphatic heterocycles. The zero-order valence-corrected chi connectivity index (χ0v) is 75.3. The molecule has 0 amide bonds. The second-order valence-electron chi connectivity index (χ2n) is 39.7. The highest BCUT2D eigenvalue weighted by molar-refractivity contribution is 6.18. The summed E-state index contributed by atoms with van der Waals surface area (Å²) in [5.41, 5.74) is 27.9. The molecule has 0 spiro atoms. The number of fused-ring (bicyclic) bond motifs is 12. The molecule has 20 nitrogen and oxygen atoms in total. The number of hydrogen-bond donors (Lipinski definition) is 0. The minimum atomic E-state index is -0.141. The SMILES string of the molecule is Cc1cccc2c3cc(-n4c(C)nnc4C)cc4c3n3c(c[n+](C)c3c12)C(C)(C)C4(C)C.Cc1cccc2c3cc(-n4cnnc4)cc4c3n3c(c[n+](C)c3c12)C(C)(C)C4(C)C.Cc1cccc2c3cccc4c3n3c(c(-n5cnnc5)[n+](C)c3c12)C(C)(C)C4(C)C.Cc1cccc2c3cccc4c3n3c(c(-n5nccn5)[n+](C)c3c12)C(C)(C)C4(C)C. The van der Waals surface area contributed by atoms with Crippen molar-refractivity contribution in [1.29, 1.82) is 0 Å². The molecule has 0 bridgehead atoms. The Morgan fingerprint density at radius 2 is 0.631 bits per heavy atom. The first-order chi connectivity index (χ1) is 57.8. The smallest absolute Gasteiger partial charge is 0.288 e. The van der Waals surface area contributed by atoms with Gasteiger partial charge >= 0.3 is 5.82 Å². The van der Waals surface area contributed by atoms with Gasteiger partial charge in [-0.1, -0.05) is 230 Å². The molecular formula is C102H108N20+4. The molecule has 0 unspecified atom stereocenters. The number of nitrogens with zero attached hydrogens (tertiary/aromatic N) is 20. The third-order valence-corrected chi connectivity index (χ3v) is 31.7. The second-order valence-corrected chi connectivity index (χ2v) is 39.7. The summed E-state index contributed by atoms with van der Waals surface area (Å²) in [7, 11) is 8.67. The van der Waals surface area contributed by atoms with Gasteiger partial charge in [0.25, 0.3) is 17.1 Å². The number of aryl methyl sites for hydroxylation is 10. The number of aromatic nitrogens is 20. The maximum atomic E-state index is 4.54. The van der Waals surface area contributed by atoms with E-state index in [1.807, 2.05) is 18.4 Å². The minimum absolute atomic E-state index is 0.0424. The lowest BCUT2D eigenvalue weighted by Crippen LogP contribution is -2.45. The van der Waals surface area contributed by atoms with Gasteiger partial charge in [-0.2, -0.15) is 13.4 Å². The number of hydrogen-bond acceptors (Lipinski definition) is 8. The standard InChI is InChI=1S/C27H30N5.3C25H26N5/c1-15-10-9-11-19-20-12-18(31-16(2)28-29-17(31)3)13-21-24(20)32-22(27(6,7)26(21,4)5)14-30(8)25(32)23(15)19;1-15-9-7-10-16-17-11-8-12-18-20(17)30-21(25(4,5)24(18,2)3)23(29-13-26-27-14-29)28(6)22(30)19(15)16;1-15-9-7-10-16-17-11-8-12-18-20(17)29-21(25(4,5)24(18,2)3)23(30-26-13-14-27-30)28(6)22(29)19(15)16;1-15-8-7-9-17-18-10-16(29-13-26-27-14-29)11-19-22(18)30-20(25(4,5)24(19,2)3)12-28(6)23(30)21(15)17/h9-14H,1-8H3;3*7-14H,1-6H3/q4*+1. The fourth-order valence-electron chi connectivity index (χ4n) is 22.4. The predicted molar refractivity (Wildman–Crippen MR) is 487 cm³/mol. The van der Waals surface area contributed by atoms with Crippen molar-refractivity contribution < 1.29 is 18.3 Å². The first kappa shape index (κ1) is 76.5. The van der Waals surface area contributed by atoms with Crippen LogP contribution in [-0.4, -0.2) is 76.9 Å². The Labute approximate surface area is 709 Å². The van der Waals surface area contributed by atoms with Gasteiger partial charge in [0.05, 0.1) is 62.1 Å². The lowest BCUT2D eigenvalue weighted by molar-refractivity contribution is -0.644. The summed E-state index contributed by atoms with van der Waals surface area (Å²) in [6.07, 6.45) is 15.4. The molecule has 20 aromatic rings. The van der Waals surface area contributed by atoms with Crippen molar-refractivity contribution in [2.45, 2.75) is 196 Å². The Hall–Kier alpha value is -12.8.